The number of nitrogens with one attached hydrogen (secondary N) is 1. The van der Waals surface area contributed by atoms with Gasteiger partial charge in [-0.15, -0.1) is 0 Å². The third-order valence-corrected chi connectivity index (χ3v) is 2.96. The average molecular weight is 254 g/mol. The molecular weight excluding hydrogens is 240 g/mol. The van der Waals surface area contributed by atoms with Crippen LogP contribution in [-0.2, 0) is 6.61 Å². The molecule has 0 aliphatic carbocycles. The summed E-state index contributed by atoms with van der Waals surface area (Å²) in [7, 11) is 1.61. The Bertz CT molecular complexity index is 691. The molecule has 0 radical (unpaired) electrons. The van der Waals surface area contributed by atoms with E-state index in [1.165, 1.54) is 0 Å². The van der Waals surface area contributed by atoms with Crippen molar-refractivity contribution >= 4 is 10.9 Å². The molecule has 1 N–H and O–H groups in total. The van der Waals surface area contributed by atoms with E-state index in [9.17, 15) is 0 Å². The van der Waals surface area contributed by atoms with Gasteiger partial charge in [-0.25, -0.2) is 4.98 Å². The summed E-state index contributed by atoms with van der Waals surface area (Å²) in [6.45, 7) is 0.437. The van der Waals surface area contributed by atoms with Crippen molar-refractivity contribution in [3.05, 3.63) is 54.4 Å². The predicted octanol–water partition coefficient (Wildman–Crippen LogP) is 3.15. The lowest BCUT2D eigenvalue weighted by Crippen LogP contribution is -1.99. The Labute approximate surface area is 111 Å². The molecule has 0 spiro atoms. The third-order valence-electron chi connectivity index (χ3n) is 2.96. The van der Waals surface area contributed by atoms with E-state index in [0.29, 0.717) is 12.5 Å². The number of pyridine rings is 1. The molecule has 0 amide bonds. The lowest BCUT2D eigenvalue weighted by Gasteiger charge is -2.09. The van der Waals surface area contributed by atoms with E-state index in [-0.39, 0.29) is 0 Å². The number of aromatic amines is 1. The zero-order valence-electron chi connectivity index (χ0n) is 10.6. The molecule has 96 valence electrons. The molecule has 3 aromatic rings. The van der Waals surface area contributed by atoms with Gasteiger partial charge in [0.1, 0.15) is 12.4 Å². The topological polar surface area (TPSA) is 47.1 Å². The van der Waals surface area contributed by atoms with Crippen molar-refractivity contribution in [2.75, 3.05) is 7.11 Å². The molecule has 4 nitrogen and oxygen atoms in total. The minimum Gasteiger partial charge on any atom is -0.489 e. The number of methoxy groups -OCH3 is 1. The SMILES string of the molecule is COc1ncccc1COc1ccc2[nH]ccc2c1. The maximum absolute atomic E-state index is 5.78. The highest BCUT2D eigenvalue weighted by molar-refractivity contribution is 5.80. The van der Waals surface area contributed by atoms with Gasteiger partial charge in [0.25, 0.3) is 0 Å². The van der Waals surface area contributed by atoms with Gasteiger partial charge >= 0.3 is 0 Å². The molecule has 0 aliphatic heterocycles. The fourth-order valence-electron chi connectivity index (χ4n) is 2.00. The van der Waals surface area contributed by atoms with Crippen molar-refractivity contribution in [2.45, 2.75) is 6.61 Å². The van der Waals surface area contributed by atoms with E-state index in [4.69, 9.17) is 9.47 Å². The first-order valence-corrected chi connectivity index (χ1v) is 6.04. The minimum atomic E-state index is 0.437. The molecule has 0 unspecified atom stereocenters. The van der Waals surface area contributed by atoms with Crippen LogP contribution in [0.2, 0.25) is 0 Å². The average Bonchev–Trinajstić information content (AvgIpc) is 2.93. The maximum Gasteiger partial charge on any atom is 0.219 e. The van der Waals surface area contributed by atoms with Crippen LogP contribution in [0, 0.1) is 0 Å². The van der Waals surface area contributed by atoms with Gasteiger partial charge in [-0.1, -0.05) is 0 Å². The van der Waals surface area contributed by atoms with Gasteiger partial charge in [0.05, 0.1) is 12.7 Å². The number of hydrogen-bond donors (Lipinski definition) is 1. The predicted molar refractivity (Wildman–Crippen MR) is 73.4 cm³/mol. The molecule has 4 heteroatoms. The van der Waals surface area contributed by atoms with Gasteiger partial charge in [-0.2, -0.15) is 0 Å². The van der Waals surface area contributed by atoms with Crippen molar-refractivity contribution in [1.29, 1.82) is 0 Å². The Kier molecular flexibility index (Phi) is 3.06. The third kappa shape index (κ3) is 2.38. The quantitative estimate of drug-likeness (QED) is 0.778. The normalized spacial score (nSPS) is 10.6. The number of rotatable bonds is 4. The van der Waals surface area contributed by atoms with Crippen LogP contribution < -0.4 is 9.47 Å². The Balaban J connectivity index is 1.78. The number of fused-ring (bicyclic) bond motifs is 1. The number of hydrogen-bond acceptors (Lipinski definition) is 3. The molecule has 3 rings (SSSR count). The second kappa shape index (κ2) is 5.02. The molecule has 0 saturated carbocycles. The van der Waals surface area contributed by atoms with Crippen LogP contribution in [0.5, 0.6) is 11.6 Å². The highest BCUT2D eigenvalue weighted by atomic mass is 16.5. The van der Waals surface area contributed by atoms with Gasteiger partial charge in [0.2, 0.25) is 5.88 Å². The minimum absolute atomic E-state index is 0.437. The van der Waals surface area contributed by atoms with Crippen LogP contribution in [0.25, 0.3) is 10.9 Å². The smallest absolute Gasteiger partial charge is 0.219 e. The van der Waals surface area contributed by atoms with Crippen molar-refractivity contribution < 1.29 is 9.47 Å². The second-order valence-corrected chi connectivity index (χ2v) is 4.19. The van der Waals surface area contributed by atoms with Gasteiger partial charge in [0, 0.05) is 23.3 Å². The zero-order valence-corrected chi connectivity index (χ0v) is 10.6. The molecule has 0 bridgehead atoms. The molecule has 2 aromatic heterocycles. The molecule has 0 fully saturated rings. The van der Waals surface area contributed by atoms with E-state index in [2.05, 4.69) is 9.97 Å². The summed E-state index contributed by atoms with van der Waals surface area (Å²) in [6, 6.07) is 11.8. The highest BCUT2D eigenvalue weighted by Crippen LogP contribution is 2.22. The fourth-order valence-corrected chi connectivity index (χ4v) is 2.00. The first-order chi connectivity index (χ1) is 9.36. The lowest BCUT2D eigenvalue weighted by atomic mass is 10.2. The Hall–Kier alpha value is -2.49. The van der Waals surface area contributed by atoms with Gasteiger partial charge < -0.3 is 14.5 Å². The van der Waals surface area contributed by atoms with Crippen molar-refractivity contribution in [1.82, 2.24) is 9.97 Å². The molecule has 19 heavy (non-hydrogen) atoms. The Morgan fingerprint density at radius 2 is 2.16 bits per heavy atom. The summed E-state index contributed by atoms with van der Waals surface area (Å²) in [6.07, 6.45) is 3.62. The van der Waals surface area contributed by atoms with Crippen LogP contribution in [0.1, 0.15) is 5.56 Å². The fraction of sp³-hybridized carbons (Fsp3) is 0.133. The van der Waals surface area contributed by atoms with E-state index < -0.39 is 0 Å². The van der Waals surface area contributed by atoms with E-state index >= 15 is 0 Å². The van der Waals surface area contributed by atoms with Gasteiger partial charge in [0.15, 0.2) is 0 Å². The van der Waals surface area contributed by atoms with Gasteiger partial charge in [-0.3, -0.25) is 0 Å². The van der Waals surface area contributed by atoms with Crippen LogP contribution in [0.4, 0.5) is 0 Å². The number of aromatic nitrogens is 2. The van der Waals surface area contributed by atoms with E-state index in [1.807, 2.05) is 42.6 Å². The largest absolute Gasteiger partial charge is 0.489 e. The number of ether oxygens (including phenoxy) is 2. The maximum atomic E-state index is 5.78. The van der Waals surface area contributed by atoms with Crippen LogP contribution in [0.15, 0.2) is 48.8 Å². The molecule has 0 aliphatic rings. The van der Waals surface area contributed by atoms with Crippen LogP contribution >= 0.6 is 0 Å². The Morgan fingerprint density at radius 1 is 1.21 bits per heavy atom. The zero-order chi connectivity index (χ0) is 13.1. The van der Waals surface area contributed by atoms with Crippen molar-refractivity contribution in [2.24, 2.45) is 0 Å². The second-order valence-electron chi connectivity index (χ2n) is 4.19. The molecule has 0 saturated heterocycles. The highest BCUT2D eigenvalue weighted by Gasteiger charge is 2.04. The molecule has 2 heterocycles. The van der Waals surface area contributed by atoms with E-state index in [0.717, 1.165) is 22.2 Å². The Morgan fingerprint density at radius 3 is 3.05 bits per heavy atom. The first kappa shape index (κ1) is 11.6. The summed E-state index contributed by atoms with van der Waals surface area (Å²) in [5.74, 6) is 1.43. The summed E-state index contributed by atoms with van der Waals surface area (Å²) < 4.78 is 11.0. The van der Waals surface area contributed by atoms with Gasteiger partial charge in [-0.05, 0) is 36.4 Å². The summed E-state index contributed by atoms with van der Waals surface area (Å²) in [4.78, 5) is 7.30. The van der Waals surface area contributed by atoms with Crippen LogP contribution in [-0.4, -0.2) is 17.1 Å². The lowest BCUT2D eigenvalue weighted by molar-refractivity contribution is 0.294. The van der Waals surface area contributed by atoms with E-state index in [1.54, 1.807) is 13.3 Å². The molecule has 1 aromatic carbocycles. The summed E-state index contributed by atoms with van der Waals surface area (Å²) in [5.41, 5.74) is 2.03. The summed E-state index contributed by atoms with van der Waals surface area (Å²) in [5, 5.41) is 1.13. The number of nitrogens with zero attached hydrogens (tertiary/aromatic N) is 1. The number of H-pyrrole nitrogens is 1. The first-order valence-electron chi connectivity index (χ1n) is 6.04. The monoisotopic (exact) mass is 254 g/mol. The molecule has 0 atom stereocenters. The summed E-state index contributed by atoms with van der Waals surface area (Å²) >= 11 is 0. The van der Waals surface area contributed by atoms with Crippen LogP contribution in [0.3, 0.4) is 0 Å². The molecular formula is C15H14N2O2. The standard InChI is InChI=1S/C15H14N2O2/c1-18-15-12(3-2-7-17-15)10-19-13-4-5-14-11(9-13)6-8-16-14/h2-9,16H,10H2,1H3. The van der Waals surface area contributed by atoms with Crippen molar-refractivity contribution in [3.8, 4) is 11.6 Å². The number of benzene rings is 1. The van der Waals surface area contributed by atoms with Crippen molar-refractivity contribution in [3.63, 3.8) is 0 Å².